The summed E-state index contributed by atoms with van der Waals surface area (Å²) in [6, 6.07) is 10.2. The van der Waals surface area contributed by atoms with Gasteiger partial charge >= 0.3 is 13.1 Å². The van der Waals surface area contributed by atoms with Gasteiger partial charge in [-0.2, -0.15) is 0 Å². The Labute approximate surface area is 163 Å². The zero-order valence-corrected chi connectivity index (χ0v) is 15.7. The number of amides is 1. The van der Waals surface area contributed by atoms with E-state index in [1.165, 1.54) is 18.4 Å². The molecule has 9 heteroatoms. The minimum Gasteiger partial charge on any atom is -0.465 e. The van der Waals surface area contributed by atoms with Crippen molar-refractivity contribution in [3.8, 4) is 0 Å². The molecule has 2 aromatic carbocycles. The first-order chi connectivity index (χ1) is 13.0. The van der Waals surface area contributed by atoms with Crippen molar-refractivity contribution in [2.75, 3.05) is 12.4 Å². The predicted molar refractivity (Wildman–Crippen MR) is 105 cm³/mol. The molecule has 0 saturated heterocycles. The summed E-state index contributed by atoms with van der Waals surface area (Å²) in [7, 11) is 0.281. The maximum absolute atomic E-state index is 12.6. The molecule has 0 atom stereocenters. The zero-order valence-electron chi connectivity index (χ0n) is 14.1. The summed E-state index contributed by atoms with van der Waals surface area (Å²) < 4.78 is 10.8. The molecule has 6 nitrogen and oxygen atoms in total. The van der Waals surface area contributed by atoms with Gasteiger partial charge in [-0.1, -0.05) is 11.6 Å². The quantitative estimate of drug-likeness (QED) is 0.521. The summed E-state index contributed by atoms with van der Waals surface area (Å²) in [5.74, 6) is -0.794. The highest BCUT2D eigenvalue weighted by atomic mass is 35.5. The minimum absolute atomic E-state index is 0.251. The van der Waals surface area contributed by atoms with Gasteiger partial charge in [-0.05, 0) is 52.8 Å². The summed E-state index contributed by atoms with van der Waals surface area (Å²) in [5, 5.41) is 13.7. The summed E-state index contributed by atoms with van der Waals surface area (Å²) in [6.07, 6.45) is 0. The molecule has 27 heavy (non-hydrogen) atoms. The highest BCUT2D eigenvalue weighted by Crippen LogP contribution is 2.29. The van der Waals surface area contributed by atoms with Gasteiger partial charge < -0.3 is 19.7 Å². The van der Waals surface area contributed by atoms with Gasteiger partial charge in [0.1, 0.15) is 4.88 Å². The van der Waals surface area contributed by atoms with Crippen LogP contribution in [0.3, 0.4) is 0 Å². The molecule has 3 aromatic rings. The molecule has 0 fully saturated rings. The van der Waals surface area contributed by atoms with Crippen LogP contribution in [0.5, 0.6) is 0 Å². The van der Waals surface area contributed by atoms with Crippen LogP contribution in [0.15, 0.2) is 36.4 Å². The Bertz CT molecular complexity index is 1080. The number of esters is 1. The van der Waals surface area contributed by atoms with E-state index in [-0.39, 0.29) is 17.2 Å². The number of methoxy groups -OCH3 is 1. The third kappa shape index (κ3) is 3.32. The van der Waals surface area contributed by atoms with Crippen molar-refractivity contribution in [3.63, 3.8) is 0 Å². The molecule has 1 aliphatic heterocycles. The van der Waals surface area contributed by atoms with Crippen molar-refractivity contribution in [3.05, 3.63) is 57.4 Å². The van der Waals surface area contributed by atoms with E-state index in [2.05, 4.69) is 5.32 Å². The second-order valence-electron chi connectivity index (χ2n) is 6.00. The van der Waals surface area contributed by atoms with Crippen molar-refractivity contribution in [2.45, 2.75) is 6.61 Å². The molecule has 1 amide bonds. The molecule has 136 valence electrons. The molecular weight excluding hydrogens is 389 g/mol. The van der Waals surface area contributed by atoms with E-state index in [0.717, 1.165) is 15.6 Å². The highest BCUT2D eigenvalue weighted by molar-refractivity contribution is 7.20. The molecule has 0 aliphatic carbocycles. The van der Waals surface area contributed by atoms with E-state index in [0.29, 0.717) is 16.0 Å². The van der Waals surface area contributed by atoms with Crippen molar-refractivity contribution in [2.24, 2.45) is 0 Å². The van der Waals surface area contributed by atoms with Gasteiger partial charge in [-0.25, -0.2) is 4.79 Å². The molecule has 0 radical (unpaired) electrons. The topological polar surface area (TPSA) is 84.9 Å². The van der Waals surface area contributed by atoms with E-state index >= 15 is 0 Å². The lowest BCUT2D eigenvalue weighted by Gasteiger charge is -2.09. The van der Waals surface area contributed by atoms with E-state index in [1.807, 2.05) is 6.07 Å². The van der Waals surface area contributed by atoms with Crippen molar-refractivity contribution in [1.82, 2.24) is 0 Å². The number of benzene rings is 2. The molecule has 2 N–H and O–H groups in total. The van der Waals surface area contributed by atoms with Crippen LogP contribution in [-0.4, -0.2) is 31.1 Å². The van der Waals surface area contributed by atoms with E-state index in [1.54, 1.807) is 30.3 Å². The van der Waals surface area contributed by atoms with Crippen molar-refractivity contribution in [1.29, 1.82) is 0 Å². The molecule has 0 spiro atoms. The second-order valence-corrected chi connectivity index (χ2v) is 7.49. The SMILES string of the molecule is COC(=O)c1cc2cc(NC(=O)c3cc4c(cc3Cl)COB4O)ccc2s1. The molecule has 0 unspecified atom stereocenters. The molecule has 1 aromatic heterocycles. The fraction of sp³-hybridized carbons (Fsp3) is 0.111. The maximum Gasteiger partial charge on any atom is 0.491 e. The van der Waals surface area contributed by atoms with Crippen LogP contribution >= 0.6 is 22.9 Å². The first-order valence-electron chi connectivity index (χ1n) is 8.01. The lowest BCUT2D eigenvalue weighted by molar-refractivity contribution is 0.0606. The van der Waals surface area contributed by atoms with Crippen LogP contribution in [0.4, 0.5) is 5.69 Å². The number of rotatable bonds is 3. The van der Waals surface area contributed by atoms with Gasteiger partial charge in [0.05, 0.1) is 24.3 Å². The molecular formula is C18H13BClNO5S. The van der Waals surface area contributed by atoms with Gasteiger partial charge in [-0.15, -0.1) is 11.3 Å². The third-order valence-electron chi connectivity index (χ3n) is 4.30. The Hall–Kier alpha value is -2.39. The van der Waals surface area contributed by atoms with E-state index < -0.39 is 19.0 Å². The summed E-state index contributed by atoms with van der Waals surface area (Å²) in [6.45, 7) is 0.259. The Morgan fingerprint density at radius 3 is 2.89 bits per heavy atom. The number of hydrogen-bond acceptors (Lipinski definition) is 6. The number of halogens is 1. The number of hydrogen-bond donors (Lipinski definition) is 2. The van der Waals surface area contributed by atoms with Gasteiger partial charge in [0.2, 0.25) is 0 Å². The van der Waals surface area contributed by atoms with Crippen LogP contribution in [-0.2, 0) is 16.0 Å². The summed E-state index contributed by atoms with van der Waals surface area (Å²) in [4.78, 5) is 24.8. The first-order valence-corrected chi connectivity index (χ1v) is 9.21. The number of carbonyl (C=O) groups is 2. The third-order valence-corrected chi connectivity index (χ3v) is 5.71. The smallest absolute Gasteiger partial charge is 0.465 e. The average Bonchev–Trinajstić information content (AvgIpc) is 3.23. The maximum atomic E-state index is 12.6. The number of anilines is 1. The summed E-state index contributed by atoms with van der Waals surface area (Å²) in [5.41, 5.74) is 2.12. The van der Waals surface area contributed by atoms with Crippen LogP contribution in [0.25, 0.3) is 10.1 Å². The van der Waals surface area contributed by atoms with E-state index in [9.17, 15) is 14.6 Å². The molecule has 1 aliphatic rings. The van der Waals surface area contributed by atoms with Gasteiger partial charge in [0, 0.05) is 10.4 Å². The summed E-state index contributed by atoms with van der Waals surface area (Å²) >= 11 is 7.54. The number of nitrogens with one attached hydrogen (secondary N) is 1. The fourth-order valence-corrected chi connectivity index (χ4v) is 4.17. The molecule has 0 saturated carbocycles. The number of thiophene rings is 1. The normalized spacial score (nSPS) is 12.9. The first kappa shape index (κ1) is 18.0. The Morgan fingerprint density at radius 2 is 2.11 bits per heavy atom. The average molecular weight is 402 g/mol. The van der Waals surface area contributed by atoms with Gasteiger partial charge in [-0.3, -0.25) is 4.79 Å². The van der Waals surface area contributed by atoms with Crippen molar-refractivity contribution >= 4 is 63.2 Å². The second kappa shape index (κ2) is 6.97. The van der Waals surface area contributed by atoms with Crippen LogP contribution < -0.4 is 10.8 Å². The predicted octanol–water partition coefficient (Wildman–Crippen LogP) is 2.81. The lowest BCUT2D eigenvalue weighted by atomic mass is 9.78. The number of ether oxygens (including phenoxy) is 1. The van der Waals surface area contributed by atoms with Crippen LogP contribution in [0, 0.1) is 0 Å². The van der Waals surface area contributed by atoms with E-state index in [4.69, 9.17) is 21.0 Å². The molecule has 4 rings (SSSR count). The van der Waals surface area contributed by atoms with Gasteiger partial charge in [0.15, 0.2) is 0 Å². The Balaban J connectivity index is 1.61. The monoisotopic (exact) mass is 401 g/mol. The van der Waals surface area contributed by atoms with Crippen molar-refractivity contribution < 1.29 is 24.0 Å². The lowest BCUT2D eigenvalue weighted by Crippen LogP contribution is -2.29. The highest BCUT2D eigenvalue weighted by Gasteiger charge is 2.29. The molecule has 0 bridgehead atoms. The molecule has 2 heterocycles. The van der Waals surface area contributed by atoms with Crippen LogP contribution in [0.1, 0.15) is 25.6 Å². The largest absolute Gasteiger partial charge is 0.491 e. The van der Waals surface area contributed by atoms with Crippen LogP contribution in [0.2, 0.25) is 5.02 Å². The fourth-order valence-electron chi connectivity index (χ4n) is 2.94. The Kier molecular flexibility index (Phi) is 4.65. The Morgan fingerprint density at radius 1 is 1.30 bits per heavy atom. The standard InChI is InChI=1S/C18H13BClNO5S/c1-25-18(23)16-6-9-4-11(2-3-15(9)27-16)21-17(22)12-7-13-10(5-14(12)20)8-26-19(13)24/h2-7,24H,8H2,1H3,(H,21,22). The number of carbonyl (C=O) groups excluding carboxylic acids is 2. The number of fused-ring (bicyclic) bond motifs is 2. The zero-order chi connectivity index (χ0) is 19.1. The van der Waals surface area contributed by atoms with Gasteiger partial charge in [0.25, 0.3) is 5.91 Å². The minimum atomic E-state index is -1.05.